The molecule has 0 aliphatic carbocycles. The Morgan fingerprint density at radius 2 is 0.500 bits per heavy atom. The van der Waals surface area contributed by atoms with Gasteiger partial charge in [-0.1, -0.05) is 318 Å². The lowest BCUT2D eigenvalue weighted by Crippen LogP contribution is -2.30. The van der Waals surface area contributed by atoms with Crippen LogP contribution in [0.4, 0.5) is 0 Å². The summed E-state index contributed by atoms with van der Waals surface area (Å²) in [5, 5.41) is 10.6. The van der Waals surface area contributed by atoms with Crippen LogP contribution in [0.3, 0.4) is 0 Å². The molecule has 0 amide bonds. The molecule has 546 valence electrons. The fourth-order valence-electron chi connectivity index (χ4n) is 11.1. The first-order chi connectivity index (χ1) is 44.2. The van der Waals surface area contributed by atoms with E-state index in [0.29, 0.717) is 25.7 Å². The van der Waals surface area contributed by atoms with Gasteiger partial charge in [-0.3, -0.25) is 37.3 Å². The first-order valence-corrected chi connectivity index (χ1v) is 40.8. The lowest BCUT2D eigenvalue weighted by atomic mass is 10.0. The molecular weight excluding hydrogens is 1210 g/mol. The van der Waals surface area contributed by atoms with Gasteiger partial charge < -0.3 is 33.8 Å². The Kier molecular flexibility index (Phi) is 62.4. The highest BCUT2D eigenvalue weighted by atomic mass is 31.2. The molecule has 0 radical (unpaired) electrons. The monoisotopic (exact) mass is 1350 g/mol. The van der Waals surface area contributed by atoms with Crippen molar-refractivity contribution in [1.29, 1.82) is 0 Å². The number of phosphoric ester groups is 2. The highest BCUT2D eigenvalue weighted by Crippen LogP contribution is 2.45. The van der Waals surface area contributed by atoms with Crippen LogP contribution in [0.5, 0.6) is 0 Å². The van der Waals surface area contributed by atoms with Gasteiger partial charge >= 0.3 is 39.5 Å². The van der Waals surface area contributed by atoms with E-state index >= 15 is 0 Å². The Balaban J connectivity index is 5.14. The van der Waals surface area contributed by atoms with Crippen LogP contribution in [-0.2, 0) is 65.4 Å². The number of rotatable bonds is 71. The Morgan fingerprint density at radius 1 is 0.293 bits per heavy atom. The fraction of sp³-hybridized carbons (Fsp3) is 0.945. The quantitative estimate of drug-likeness (QED) is 0.0222. The minimum absolute atomic E-state index is 0.103. The summed E-state index contributed by atoms with van der Waals surface area (Å²) < 4.78 is 68.2. The van der Waals surface area contributed by atoms with Crippen molar-refractivity contribution >= 4 is 39.5 Å². The van der Waals surface area contributed by atoms with E-state index < -0.39 is 97.5 Å². The number of carbonyl (C=O) groups excluding carboxylic acids is 4. The molecule has 5 atom stereocenters. The Labute approximate surface area is 562 Å². The molecule has 0 aromatic carbocycles. The van der Waals surface area contributed by atoms with Crippen LogP contribution >= 0.6 is 15.6 Å². The van der Waals surface area contributed by atoms with Crippen molar-refractivity contribution in [3.05, 3.63) is 0 Å². The topological polar surface area (TPSA) is 237 Å². The van der Waals surface area contributed by atoms with Gasteiger partial charge in [0.25, 0.3) is 0 Å². The average molecular weight is 1350 g/mol. The smallest absolute Gasteiger partial charge is 0.462 e. The second kappa shape index (κ2) is 63.8. The Bertz CT molecular complexity index is 1800. The van der Waals surface area contributed by atoms with Crippen molar-refractivity contribution in [2.45, 2.75) is 388 Å². The minimum atomic E-state index is -4.95. The summed E-state index contributed by atoms with van der Waals surface area (Å²) in [5.74, 6) is 0.193. The van der Waals surface area contributed by atoms with Gasteiger partial charge in [0, 0.05) is 25.7 Å². The summed E-state index contributed by atoms with van der Waals surface area (Å²) in [7, 11) is -9.90. The van der Waals surface area contributed by atoms with Gasteiger partial charge in [0.05, 0.1) is 26.4 Å². The molecule has 0 heterocycles. The molecule has 0 spiro atoms. The molecule has 0 aromatic heterocycles. The Morgan fingerprint density at radius 3 is 0.739 bits per heavy atom. The van der Waals surface area contributed by atoms with Crippen molar-refractivity contribution in [1.82, 2.24) is 0 Å². The van der Waals surface area contributed by atoms with E-state index in [1.165, 1.54) is 173 Å². The number of unbranched alkanes of at least 4 members (excludes halogenated alkanes) is 39. The maximum Gasteiger partial charge on any atom is 0.472 e. The molecule has 92 heavy (non-hydrogen) atoms. The van der Waals surface area contributed by atoms with Gasteiger partial charge in [0.2, 0.25) is 0 Å². The number of phosphoric acid groups is 2. The standard InChI is InChI=1S/C73H142O17P2/c1-8-9-10-37-47-54-70(75)83-60-68(89-73(78)57-50-43-36-30-29-33-40-46-53-66(6)7)62-87-91(79,80)85-58-67(74)59-86-92(81,82)88-63-69(90-72(77)56-49-42-35-28-24-20-16-12-14-18-22-26-32-39-45-52-65(4)5)61-84-71(76)55-48-41-34-27-23-19-15-11-13-17-21-25-31-38-44-51-64(2)3/h64-69,74H,8-63H2,1-7H3,(H,79,80)(H,81,82)/t67-,68+,69+/m0/s1. The van der Waals surface area contributed by atoms with Gasteiger partial charge in [-0.15, -0.1) is 0 Å². The largest absolute Gasteiger partial charge is 0.472 e. The zero-order valence-corrected chi connectivity index (χ0v) is 61.8. The third-order valence-electron chi connectivity index (χ3n) is 16.9. The second-order valence-electron chi connectivity index (χ2n) is 27.8. The van der Waals surface area contributed by atoms with Gasteiger partial charge in [-0.05, 0) is 43.4 Å². The highest BCUT2D eigenvalue weighted by molar-refractivity contribution is 7.47. The third-order valence-corrected chi connectivity index (χ3v) is 18.8. The third kappa shape index (κ3) is 66.7. The van der Waals surface area contributed by atoms with Crippen molar-refractivity contribution in [2.75, 3.05) is 39.6 Å². The van der Waals surface area contributed by atoms with Crippen molar-refractivity contribution in [2.24, 2.45) is 17.8 Å². The summed E-state index contributed by atoms with van der Waals surface area (Å²) >= 11 is 0. The van der Waals surface area contributed by atoms with E-state index in [1.807, 2.05) is 0 Å². The van der Waals surface area contributed by atoms with Crippen LogP contribution < -0.4 is 0 Å². The van der Waals surface area contributed by atoms with Crippen LogP contribution in [-0.4, -0.2) is 96.7 Å². The molecule has 2 unspecified atom stereocenters. The number of hydrogen-bond acceptors (Lipinski definition) is 15. The molecule has 3 N–H and O–H groups in total. The number of ether oxygens (including phenoxy) is 4. The first-order valence-electron chi connectivity index (χ1n) is 37.8. The lowest BCUT2D eigenvalue weighted by Gasteiger charge is -2.21. The number of esters is 4. The highest BCUT2D eigenvalue weighted by Gasteiger charge is 2.30. The molecule has 17 nitrogen and oxygen atoms in total. The van der Waals surface area contributed by atoms with Crippen LogP contribution in [0.2, 0.25) is 0 Å². The maximum absolute atomic E-state index is 13.1. The molecule has 19 heteroatoms. The number of carbonyl (C=O) groups is 4. The van der Waals surface area contributed by atoms with Gasteiger partial charge in [-0.2, -0.15) is 0 Å². The predicted molar refractivity (Wildman–Crippen MR) is 372 cm³/mol. The van der Waals surface area contributed by atoms with Gasteiger partial charge in [0.1, 0.15) is 19.3 Å². The summed E-state index contributed by atoms with van der Waals surface area (Å²) in [4.78, 5) is 72.4. The van der Waals surface area contributed by atoms with Crippen LogP contribution in [0.25, 0.3) is 0 Å². The fourth-order valence-corrected chi connectivity index (χ4v) is 12.7. The van der Waals surface area contributed by atoms with E-state index in [9.17, 15) is 43.2 Å². The molecule has 0 aliphatic rings. The van der Waals surface area contributed by atoms with E-state index in [4.69, 9.17) is 37.0 Å². The zero-order valence-electron chi connectivity index (χ0n) is 60.0. The lowest BCUT2D eigenvalue weighted by molar-refractivity contribution is -0.161. The molecule has 0 aliphatic heterocycles. The summed E-state index contributed by atoms with van der Waals surface area (Å²) in [5.41, 5.74) is 0. The van der Waals surface area contributed by atoms with E-state index in [-0.39, 0.29) is 25.7 Å². The zero-order chi connectivity index (χ0) is 68.0. The van der Waals surface area contributed by atoms with E-state index in [2.05, 4.69) is 48.5 Å². The Hall–Kier alpha value is -1.94. The molecular formula is C73H142O17P2. The minimum Gasteiger partial charge on any atom is -0.462 e. The molecule has 0 saturated carbocycles. The molecule has 0 aromatic rings. The number of aliphatic hydroxyl groups is 1. The van der Waals surface area contributed by atoms with Crippen LogP contribution in [0, 0.1) is 17.8 Å². The average Bonchev–Trinajstić information content (AvgIpc) is 2.97. The maximum atomic E-state index is 13.1. The van der Waals surface area contributed by atoms with Gasteiger partial charge in [-0.25, -0.2) is 9.13 Å². The first kappa shape index (κ1) is 90.1. The van der Waals surface area contributed by atoms with Crippen molar-refractivity contribution in [3.63, 3.8) is 0 Å². The second-order valence-corrected chi connectivity index (χ2v) is 30.7. The number of hydrogen-bond donors (Lipinski definition) is 3. The molecule has 0 saturated heterocycles. The molecule has 0 fully saturated rings. The number of aliphatic hydroxyl groups excluding tert-OH is 1. The normalized spacial score (nSPS) is 14.1. The van der Waals surface area contributed by atoms with E-state index in [0.717, 1.165) is 114 Å². The predicted octanol–water partition coefficient (Wildman–Crippen LogP) is 21.0. The van der Waals surface area contributed by atoms with Crippen molar-refractivity contribution < 1.29 is 80.2 Å². The van der Waals surface area contributed by atoms with Crippen LogP contribution in [0.1, 0.15) is 370 Å². The van der Waals surface area contributed by atoms with E-state index in [1.54, 1.807) is 0 Å². The summed E-state index contributed by atoms with van der Waals surface area (Å²) in [6.45, 7) is 11.8. The summed E-state index contributed by atoms with van der Waals surface area (Å²) in [6, 6.07) is 0. The summed E-state index contributed by atoms with van der Waals surface area (Å²) in [6.07, 6.45) is 49.1. The molecule has 0 rings (SSSR count). The molecule has 0 bridgehead atoms. The van der Waals surface area contributed by atoms with Gasteiger partial charge in [0.15, 0.2) is 12.2 Å². The SMILES string of the molecule is CCCCCCCC(=O)OC[C@H](COP(=O)(O)OC[C@H](O)COP(=O)(O)OC[C@@H](COC(=O)CCCCCCCCCCCCCCCCCC(C)C)OC(=O)CCCCCCCCCCCCCCCCCC(C)C)OC(=O)CCCCCCCCCCC(C)C. The van der Waals surface area contributed by atoms with Crippen molar-refractivity contribution in [3.8, 4) is 0 Å². The van der Waals surface area contributed by atoms with Crippen LogP contribution in [0.15, 0.2) is 0 Å².